The maximum Gasteiger partial charge on any atom is 0.307 e. The predicted octanol–water partition coefficient (Wildman–Crippen LogP) is 3.01. The molecule has 0 bridgehead atoms. The highest BCUT2D eigenvalue weighted by atomic mass is 79.9. The van der Waals surface area contributed by atoms with E-state index in [0.29, 0.717) is 25.4 Å². The summed E-state index contributed by atoms with van der Waals surface area (Å²) in [6.45, 7) is 1.89. The quantitative estimate of drug-likeness (QED) is 0.917. The van der Waals surface area contributed by atoms with Crippen LogP contribution in [0.15, 0.2) is 39.4 Å². The molecule has 0 aliphatic carbocycles. The molecule has 1 aromatic carbocycles. The Morgan fingerprint density at radius 2 is 2.19 bits per heavy atom. The summed E-state index contributed by atoms with van der Waals surface area (Å²) >= 11 is 3.40. The lowest BCUT2D eigenvalue weighted by Gasteiger charge is -2.11. The third-order valence-electron chi connectivity index (χ3n) is 3.66. The Balaban J connectivity index is 1.66. The molecule has 0 amide bonds. The van der Waals surface area contributed by atoms with Crippen molar-refractivity contribution in [2.75, 3.05) is 13.1 Å². The molecular formula is C15H15BrN2O3. The third kappa shape index (κ3) is 3.33. The van der Waals surface area contributed by atoms with E-state index in [0.717, 1.165) is 22.3 Å². The number of halogens is 1. The van der Waals surface area contributed by atoms with Crippen LogP contribution >= 0.6 is 15.9 Å². The smallest absolute Gasteiger partial charge is 0.307 e. The number of rotatable bonds is 4. The van der Waals surface area contributed by atoms with E-state index in [1.807, 2.05) is 24.3 Å². The Morgan fingerprint density at radius 1 is 1.43 bits per heavy atom. The monoisotopic (exact) mass is 350 g/mol. The Bertz CT molecular complexity index is 639. The van der Waals surface area contributed by atoms with Crippen molar-refractivity contribution in [3.63, 3.8) is 0 Å². The predicted molar refractivity (Wildman–Crippen MR) is 80.7 cm³/mol. The Morgan fingerprint density at radius 3 is 2.86 bits per heavy atom. The molecule has 1 aliphatic heterocycles. The number of carbonyl (C=O) groups is 1. The van der Waals surface area contributed by atoms with E-state index in [4.69, 9.17) is 9.52 Å². The normalized spacial score (nSPS) is 19.0. The fourth-order valence-electron chi connectivity index (χ4n) is 2.50. The zero-order valence-corrected chi connectivity index (χ0v) is 12.9. The number of hydrogen-bond acceptors (Lipinski definition) is 4. The largest absolute Gasteiger partial charge is 0.481 e. The van der Waals surface area contributed by atoms with Crippen molar-refractivity contribution in [1.82, 2.24) is 9.88 Å². The molecule has 1 aromatic heterocycles. The van der Waals surface area contributed by atoms with Crippen molar-refractivity contribution < 1.29 is 14.3 Å². The molecular weight excluding hydrogens is 336 g/mol. The first-order valence-corrected chi connectivity index (χ1v) is 7.57. The summed E-state index contributed by atoms with van der Waals surface area (Å²) in [5.74, 6) is 0.358. The topological polar surface area (TPSA) is 66.6 Å². The summed E-state index contributed by atoms with van der Waals surface area (Å²) in [4.78, 5) is 17.3. The van der Waals surface area contributed by atoms with Gasteiger partial charge in [0.15, 0.2) is 5.76 Å². The molecule has 110 valence electrons. The van der Waals surface area contributed by atoms with E-state index in [-0.39, 0.29) is 5.92 Å². The number of benzene rings is 1. The highest BCUT2D eigenvalue weighted by molar-refractivity contribution is 9.10. The van der Waals surface area contributed by atoms with Crippen molar-refractivity contribution in [1.29, 1.82) is 0 Å². The van der Waals surface area contributed by atoms with E-state index in [1.165, 1.54) is 0 Å². The molecule has 2 aromatic rings. The molecule has 2 heterocycles. The van der Waals surface area contributed by atoms with E-state index >= 15 is 0 Å². The third-order valence-corrected chi connectivity index (χ3v) is 4.19. The molecule has 0 radical (unpaired) electrons. The highest BCUT2D eigenvalue weighted by Gasteiger charge is 2.28. The lowest BCUT2D eigenvalue weighted by Crippen LogP contribution is -2.22. The van der Waals surface area contributed by atoms with Crippen LogP contribution in [-0.2, 0) is 11.3 Å². The second kappa shape index (κ2) is 5.99. The van der Waals surface area contributed by atoms with Crippen LogP contribution in [0.25, 0.3) is 11.3 Å². The van der Waals surface area contributed by atoms with Crippen LogP contribution in [-0.4, -0.2) is 34.0 Å². The van der Waals surface area contributed by atoms with Crippen molar-refractivity contribution in [3.8, 4) is 11.3 Å². The number of carboxylic acids is 1. The molecule has 1 aliphatic rings. The first-order chi connectivity index (χ1) is 10.1. The number of nitrogens with zero attached hydrogens (tertiary/aromatic N) is 2. The number of hydrogen-bond donors (Lipinski definition) is 1. The SMILES string of the molecule is O=C(O)C1CCN(Cc2ncc(-c3ccc(Br)cc3)o2)C1. The van der Waals surface area contributed by atoms with Crippen molar-refractivity contribution in [3.05, 3.63) is 40.8 Å². The van der Waals surface area contributed by atoms with E-state index in [9.17, 15) is 4.79 Å². The van der Waals surface area contributed by atoms with Gasteiger partial charge in [-0.3, -0.25) is 9.69 Å². The molecule has 21 heavy (non-hydrogen) atoms. The van der Waals surface area contributed by atoms with Gasteiger partial charge in [0.05, 0.1) is 18.7 Å². The molecule has 1 saturated heterocycles. The van der Waals surface area contributed by atoms with E-state index in [1.54, 1.807) is 6.20 Å². The Kier molecular flexibility index (Phi) is 4.07. The summed E-state index contributed by atoms with van der Waals surface area (Å²) in [5.41, 5.74) is 0.974. The second-order valence-electron chi connectivity index (χ2n) is 5.18. The fourth-order valence-corrected chi connectivity index (χ4v) is 2.76. The van der Waals surface area contributed by atoms with Crippen LogP contribution in [0.3, 0.4) is 0 Å². The van der Waals surface area contributed by atoms with Gasteiger partial charge < -0.3 is 9.52 Å². The fraction of sp³-hybridized carbons (Fsp3) is 0.333. The average Bonchev–Trinajstić information content (AvgIpc) is 3.10. The summed E-state index contributed by atoms with van der Waals surface area (Å²) in [6.07, 6.45) is 2.40. The summed E-state index contributed by atoms with van der Waals surface area (Å²) < 4.78 is 6.77. The average molecular weight is 351 g/mol. The molecule has 5 nitrogen and oxygen atoms in total. The van der Waals surface area contributed by atoms with Gasteiger partial charge in [0.25, 0.3) is 0 Å². The van der Waals surface area contributed by atoms with Gasteiger partial charge in [-0.1, -0.05) is 28.1 Å². The zero-order valence-electron chi connectivity index (χ0n) is 11.3. The van der Waals surface area contributed by atoms with Crippen LogP contribution in [0.2, 0.25) is 0 Å². The van der Waals surface area contributed by atoms with Crippen LogP contribution < -0.4 is 0 Å². The first kappa shape index (κ1) is 14.3. The minimum Gasteiger partial charge on any atom is -0.481 e. The maximum atomic E-state index is 10.9. The lowest BCUT2D eigenvalue weighted by molar-refractivity contribution is -0.141. The van der Waals surface area contributed by atoms with Gasteiger partial charge in [0, 0.05) is 16.6 Å². The van der Waals surface area contributed by atoms with Crippen LogP contribution in [0.1, 0.15) is 12.3 Å². The van der Waals surface area contributed by atoms with Gasteiger partial charge in [0.1, 0.15) is 0 Å². The van der Waals surface area contributed by atoms with Crippen LogP contribution in [0.4, 0.5) is 0 Å². The first-order valence-electron chi connectivity index (χ1n) is 6.77. The number of oxazole rings is 1. The molecule has 1 unspecified atom stereocenters. The van der Waals surface area contributed by atoms with Gasteiger partial charge in [-0.15, -0.1) is 0 Å². The summed E-state index contributed by atoms with van der Waals surface area (Å²) in [5, 5.41) is 9.00. The molecule has 6 heteroatoms. The summed E-state index contributed by atoms with van der Waals surface area (Å²) in [6, 6.07) is 7.83. The molecule has 3 rings (SSSR count). The molecule has 0 saturated carbocycles. The lowest BCUT2D eigenvalue weighted by atomic mass is 10.1. The van der Waals surface area contributed by atoms with Gasteiger partial charge in [-0.2, -0.15) is 0 Å². The van der Waals surface area contributed by atoms with E-state index < -0.39 is 5.97 Å². The van der Waals surface area contributed by atoms with Crippen molar-refractivity contribution in [2.45, 2.75) is 13.0 Å². The summed E-state index contributed by atoms with van der Waals surface area (Å²) in [7, 11) is 0. The van der Waals surface area contributed by atoms with Crippen molar-refractivity contribution >= 4 is 21.9 Å². The highest BCUT2D eigenvalue weighted by Crippen LogP contribution is 2.24. The van der Waals surface area contributed by atoms with Crippen molar-refractivity contribution in [2.24, 2.45) is 5.92 Å². The minimum atomic E-state index is -0.722. The number of likely N-dealkylation sites (tertiary alicyclic amines) is 1. The maximum absolute atomic E-state index is 10.9. The molecule has 1 atom stereocenters. The number of aliphatic carboxylic acids is 1. The standard InChI is InChI=1S/C15H15BrN2O3/c16-12-3-1-10(2-4-12)13-7-17-14(21-13)9-18-6-5-11(8-18)15(19)20/h1-4,7,11H,5-6,8-9H2,(H,19,20). The Hall–Kier alpha value is -1.66. The van der Waals surface area contributed by atoms with Gasteiger partial charge in [-0.05, 0) is 25.1 Å². The molecule has 0 spiro atoms. The van der Waals surface area contributed by atoms with Crippen LogP contribution in [0, 0.1) is 5.92 Å². The molecule has 1 fully saturated rings. The zero-order chi connectivity index (χ0) is 14.8. The Labute approximate surface area is 130 Å². The van der Waals surface area contributed by atoms with Gasteiger partial charge in [0.2, 0.25) is 5.89 Å². The minimum absolute atomic E-state index is 0.272. The second-order valence-corrected chi connectivity index (χ2v) is 6.10. The number of aromatic nitrogens is 1. The van der Waals surface area contributed by atoms with Gasteiger partial charge >= 0.3 is 5.97 Å². The van der Waals surface area contributed by atoms with Gasteiger partial charge in [-0.25, -0.2) is 4.98 Å². The van der Waals surface area contributed by atoms with Crippen LogP contribution in [0.5, 0.6) is 0 Å². The van der Waals surface area contributed by atoms with E-state index in [2.05, 4.69) is 25.8 Å². The number of carboxylic acid groups (broad SMARTS) is 1. The molecule has 1 N–H and O–H groups in total.